The van der Waals surface area contributed by atoms with Crippen molar-refractivity contribution in [2.24, 2.45) is 4.99 Å². The second-order valence-corrected chi connectivity index (χ2v) is 4.13. The van der Waals surface area contributed by atoms with E-state index in [1.807, 2.05) is 0 Å². The lowest BCUT2D eigenvalue weighted by atomic mass is 10.0. The molecule has 0 fully saturated rings. The van der Waals surface area contributed by atoms with Gasteiger partial charge in [-0.25, -0.2) is 4.79 Å². The van der Waals surface area contributed by atoms with Gasteiger partial charge in [-0.1, -0.05) is 12.1 Å². The van der Waals surface area contributed by atoms with Gasteiger partial charge < -0.3 is 10.1 Å². The maximum absolute atomic E-state index is 12.6. The fraction of sp³-hybridized carbons (Fsp3) is 0.333. The van der Waals surface area contributed by atoms with Crippen LogP contribution < -0.4 is 10.6 Å². The van der Waals surface area contributed by atoms with E-state index in [-0.39, 0.29) is 12.5 Å². The van der Waals surface area contributed by atoms with Crippen LogP contribution in [0.1, 0.15) is 17.2 Å². The number of carbonyl (C=O) groups excluding carboxylic acids is 1. The molecule has 0 radical (unpaired) electrons. The van der Waals surface area contributed by atoms with Crippen molar-refractivity contribution in [3.63, 3.8) is 0 Å². The summed E-state index contributed by atoms with van der Waals surface area (Å²) in [5.41, 5.74) is -0.267. The maximum atomic E-state index is 12.6. The highest BCUT2D eigenvalue weighted by molar-refractivity contribution is 5.94. The van der Waals surface area contributed by atoms with Crippen molar-refractivity contribution in [3.05, 3.63) is 35.4 Å². The van der Waals surface area contributed by atoms with Crippen LogP contribution in [-0.2, 0) is 10.9 Å². The van der Waals surface area contributed by atoms with Crippen LogP contribution in [0.2, 0.25) is 0 Å². The first-order valence-electron chi connectivity index (χ1n) is 5.73. The van der Waals surface area contributed by atoms with Gasteiger partial charge >= 0.3 is 12.3 Å². The molecular weight excluding hydrogens is 275 g/mol. The molecule has 1 amide bonds. The topological polar surface area (TPSA) is 62.7 Å². The molecule has 1 aliphatic rings. The van der Waals surface area contributed by atoms with E-state index in [1.165, 1.54) is 13.2 Å². The summed E-state index contributed by atoms with van der Waals surface area (Å²) in [4.78, 5) is 15.0. The second kappa shape index (κ2) is 5.40. The Bertz CT molecular complexity index is 543. The summed E-state index contributed by atoms with van der Waals surface area (Å²) in [5, 5.41) is 5.15. The van der Waals surface area contributed by atoms with Crippen LogP contribution in [0.15, 0.2) is 29.3 Å². The van der Waals surface area contributed by atoms with Crippen molar-refractivity contribution in [3.8, 4) is 0 Å². The number of amides is 1. The van der Waals surface area contributed by atoms with Crippen LogP contribution in [0.3, 0.4) is 0 Å². The number of alkyl carbamates (subject to hydrolysis) is 1. The first-order valence-corrected chi connectivity index (χ1v) is 5.73. The Morgan fingerprint density at radius 2 is 2.25 bits per heavy atom. The average Bonchev–Trinajstić information content (AvgIpc) is 2.86. The molecule has 1 heterocycles. The Labute approximate surface area is 112 Å². The summed E-state index contributed by atoms with van der Waals surface area (Å²) in [5.74, 6) is 0.180. The van der Waals surface area contributed by atoms with Crippen LogP contribution in [0.5, 0.6) is 0 Å². The maximum Gasteiger partial charge on any atom is 0.416 e. The van der Waals surface area contributed by atoms with Gasteiger partial charge in [0.1, 0.15) is 0 Å². The number of guanidine groups is 1. The minimum absolute atomic E-state index is 0.180. The number of carbonyl (C=O) groups is 1. The van der Waals surface area contributed by atoms with E-state index in [4.69, 9.17) is 0 Å². The van der Waals surface area contributed by atoms with Crippen molar-refractivity contribution in [2.45, 2.75) is 12.2 Å². The lowest BCUT2D eigenvalue weighted by Gasteiger charge is -2.14. The van der Waals surface area contributed by atoms with Crippen molar-refractivity contribution < 1.29 is 22.7 Å². The summed E-state index contributed by atoms with van der Waals surface area (Å²) in [7, 11) is 1.20. The predicted octanol–water partition coefficient (Wildman–Crippen LogP) is 2.06. The number of benzene rings is 1. The zero-order chi connectivity index (χ0) is 14.8. The molecule has 1 atom stereocenters. The summed E-state index contributed by atoms with van der Waals surface area (Å²) in [6.07, 6.45) is -5.08. The number of nitrogens with one attached hydrogen (secondary N) is 2. The highest BCUT2D eigenvalue weighted by Gasteiger charge is 2.31. The SMILES string of the molecule is COC(=O)NC1=NCC(c2cccc(C(F)(F)F)c2)N1. The second-order valence-electron chi connectivity index (χ2n) is 4.13. The van der Waals surface area contributed by atoms with Gasteiger partial charge in [-0.05, 0) is 17.7 Å². The zero-order valence-corrected chi connectivity index (χ0v) is 10.5. The van der Waals surface area contributed by atoms with E-state index in [1.54, 1.807) is 6.07 Å². The molecule has 1 aromatic carbocycles. The molecule has 1 aliphatic heterocycles. The molecule has 1 aromatic rings. The fourth-order valence-electron chi connectivity index (χ4n) is 1.78. The van der Waals surface area contributed by atoms with Crippen LogP contribution in [0.25, 0.3) is 0 Å². The summed E-state index contributed by atoms with van der Waals surface area (Å²) < 4.78 is 42.3. The van der Waals surface area contributed by atoms with E-state index in [9.17, 15) is 18.0 Å². The number of hydrogen-bond acceptors (Lipinski definition) is 4. The smallest absolute Gasteiger partial charge is 0.416 e. The minimum Gasteiger partial charge on any atom is -0.453 e. The molecule has 0 saturated carbocycles. The molecule has 20 heavy (non-hydrogen) atoms. The van der Waals surface area contributed by atoms with E-state index in [0.29, 0.717) is 5.56 Å². The third-order valence-corrected chi connectivity index (χ3v) is 2.77. The highest BCUT2D eigenvalue weighted by atomic mass is 19.4. The van der Waals surface area contributed by atoms with E-state index in [2.05, 4.69) is 20.4 Å². The van der Waals surface area contributed by atoms with E-state index < -0.39 is 23.9 Å². The first-order chi connectivity index (χ1) is 9.40. The number of hydrogen-bond donors (Lipinski definition) is 2. The molecule has 0 bridgehead atoms. The third kappa shape index (κ3) is 3.19. The van der Waals surface area contributed by atoms with Gasteiger partial charge in [-0.15, -0.1) is 0 Å². The van der Waals surface area contributed by atoms with Gasteiger partial charge in [-0.3, -0.25) is 10.3 Å². The van der Waals surface area contributed by atoms with Gasteiger partial charge in [-0.2, -0.15) is 13.2 Å². The quantitative estimate of drug-likeness (QED) is 0.831. The Balaban J connectivity index is 2.07. The lowest BCUT2D eigenvalue weighted by molar-refractivity contribution is -0.137. The number of methoxy groups -OCH3 is 1. The Morgan fingerprint density at radius 3 is 2.90 bits per heavy atom. The van der Waals surface area contributed by atoms with Crippen molar-refractivity contribution in [2.75, 3.05) is 13.7 Å². The number of rotatable bonds is 1. The van der Waals surface area contributed by atoms with Crippen LogP contribution >= 0.6 is 0 Å². The van der Waals surface area contributed by atoms with Crippen molar-refractivity contribution in [1.29, 1.82) is 0 Å². The molecule has 0 spiro atoms. The average molecular weight is 287 g/mol. The van der Waals surface area contributed by atoms with Gasteiger partial charge in [0.15, 0.2) is 0 Å². The molecule has 2 rings (SSSR count). The molecule has 2 N–H and O–H groups in total. The molecule has 108 valence electrons. The molecule has 0 aliphatic carbocycles. The predicted molar refractivity (Wildman–Crippen MR) is 65.2 cm³/mol. The molecule has 8 heteroatoms. The van der Waals surface area contributed by atoms with Crippen LogP contribution in [0.4, 0.5) is 18.0 Å². The van der Waals surface area contributed by atoms with Crippen molar-refractivity contribution in [1.82, 2.24) is 10.6 Å². The van der Waals surface area contributed by atoms with Gasteiger partial charge in [0.25, 0.3) is 0 Å². The van der Waals surface area contributed by atoms with E-state index in [0.717, 1.165) is 12.1 Å². The molecule has 1 unspecified atom stereocenters. The summed E-state index contributed by atoms with van der Waals surface area (Å²) in [6, 6.07) is 4.57. The molecular formula is C12H12F3N3O2. The van der Waals surface area contributed by atoms with Gasteiger partial charge in [0.05, 0.1) is 25.3 Å². The fourth-order valence-corrected chi connectivity index (χ4v) is 1.78. The molecule has 5 nitrogen and oxygen atoms in total. The standard InChI is InChI=1S/C12H12F3N3O2/c1-20-11(19)18-10-16-6-9(17-10)7-3-2-4-8(5-7)12(13,14)15/h2-5,9H,6H2,1H3,(H2,16,17,18,19). The largest absolute Gasteiger partial charge is 0.453 e. The molecule has 0 aromatic heterocycles. The number of nitrogens with zero attached hydrogens (tertiary/aromatic N) is 1. The Morgan fingerprint density at radius 1 is 1.50 bits per heavy atom. The summed E-state index contributed by atoms with van der Waals surface area (Å²) in [6.45, 7) is 0.237. The first kappa shape index (κ1) is 14.2. The number of halogens is 3. The van der Waals surface area contributed by atoms with E-state index >= 15 is 0 Å². The molecule has 0 saturated heterocycles. The normalized spacial score (nSPS) is 18.2. The number of ether oxygens (including phenoxy) is 1. The monoisotopic (exact) mass is 287 g/mol. The number of aliphatic imine (C=N–C) groups is 1. The Kier molecular flexibility index (Phi) is 3.82. The van der Waals surface area contributed by atoms with Crippen LogP contribution in [0, 0.1) is 0 Å². The lowest BCUT2D eigenvalue weighted by Crippen LogP contribution is -2.39. The van der Waals surface area contributed by atoms with Crippen LogP contribution in [-0.4, -0.2) is 25.7 Å². The van der Waals surface area contributed by atoms with Gasteiger partial charge in [0, 0.05) is 0 Å². The minimum atomic E-state index is -4.39. The zero-order valence-electron chi connectivity index (χ0n) is 10.5. The van der Waals surface area contributed by atoms with Crippen molar-refractivity contribution >= 4 is 12.1 Å². The van der Waals surface area contributed by atoms with Gasteiger partial charge in [0.2, 0.25) is 5.96 Å². The third-order valence-electron chi connectivity index (χ3n) is 2.77. The Hall–Kier alpha value is -2.25. The number of alkyl halides is 3. The summed E-state index contributed by atoms with van der Waals surface area (Å²) >= 11 is 0. The highest BCUT2D eigenvalue weighted by Crippen LogP contribution is 2.31.